The Morgan fingerprint density at radius 2 is 2.22 bits per heavy atom. The maximum absolute atomic E-state index is 12.6. The number of fused-ring (bicyclic) bond motifs is 1. The molecule has 1 unspecified atom stereocenters. The van der Waals surface area contributed by atoms with Gasteiger partial charge in [-0.15, -0.1) is 0 Å². The lowest BCUT2D eigenvalue weighted by Crippen LogP contribution is -2.49. The summed E-state index contributed by atoms with van der Waals surface area (Å²) in [6.07, 6.45) is 1.94. The second-order valence-corrected chi connectivity index (χ2v) is 7.10. The van der Waals surface area contributed by atoms with Gasteiger partial charge in [0.15, 0.2) is 0 Å². The molecule has 5 nitrogen and oxygen atoms in total. The van der Waals surface area contributed by atoms with Crippen LogP contribution in [0.4, 0.5) is 0 Å². The van der Waals surface area contributed by atoms with Crippen molar-refractivity contribution in [2.45, 2.75) is 31.7 Å². The number of phenolic OH excluding ortho intramolecular Hbond substituents is 1. The van der Waals surface area contributed by atoms with Gasteiger partial charge in [-0.1, -0.05) is 13.0 Å². The van der Waals surface area contributed by atoms with Gasteiger partial charge in [0.2, 0.25) is 5.91 Å². The zero-order valence-corrected chi connectivity index (χ0v) is 13.4. The lowest BCUT2D eigenvalue weighted by atomic mass is 9.74. The molecule has 5 heteroatoms. The minimum atomic E-state index is -0.406. The fourth-order valence-electron chi connectivity index (χ4n) is 5.34. The first-order valence-corrected chi connectivity index (χ1v) is 8.19. The van der Waals surface area contributed by atoms with Crippen molar-refractivity contribution in [3.63, 3.8) is 0 Å². The number of esters is 1. The summed E-state index contributed by atoms with van der Waals surface area (Å²) in [6.45, 7) is 2.73. The van der Waals surface area contributed by atoms with E-state index < -0.39 is 5.54 Å². The van der Waals surface area contributed by atoms with Gasteiger partial charge in [-0.25, -0.2) is 0 Å². The highest BCUT2D eigenvalue weighted by Gasteiger charge is 2.65. The van der Waals surface area contributed by atoms with Gasteiger partial charge in [0.25, 0.3) is 0 Å². The summed E-state index contributed by atoms with van der Waals surface area (Å²) in [5.74, 6) is 0.0667. The molecule has 2 fully saturated rings. The lowest BCUT2D eigenvalue weighted by molar-refractivity contribution is -0.148. The van der Waals surface area contributed by atoms with Crippen molar-refractivity contribution in [2.24, 2.45) is 17.8 Å². The second-order valence-electron chi connectivity index (χ2n) is 7.10. The molecule has 1 saturated heterocycles. The van der Waals surface area contributed by atoms with Gasteiger partial charge in [-0.05, 0) is 42.0 Å². The van der Waals surface area contributed by atoms with Crippen LogP contribution in [0.5, 0.6) is 5.75 Å². The average molecular weight is 315 g/mol. The molecule has 1 aromatic rings. The number of rotatable bonds is 1. The molecule has 1 N–H and O–H groups in total. The van der Waals surface area contributed by atoms with E-state index in [1.54, 1.807) is 12.1 Å². The maximum Gasteiger partial charge on any atom is 0.309 e. The quantitative estimate of drug-likeness (QED) is 0.803. The molecule has 1 spiro atoms. The standard InChI is InChI=1S/C18H21NO4/c1-10-9-18-13-4-3-12(20)7-11(13)5-6-19(18)15(21)8-14(18)16(10)17(22)23-2/h3-4,7,10,14,16,20H,5-6,8-9H2,1-2H3/t10?,14-,16+,18-/m0/s1. The molecule has 4 rings (SSSR count). The Bertz CT molecular complexity index is 700. The fraction of sp³-hybridized carbons (Fsp3) is 0.556. The number of hydrogen-bond acceptors (Lipinski definition) is 4. The van der Waals surface area contributed by atoms with E-state index in [0.717, 1.165) is 24.0 Å². The fourth-order valence-corrected chi connectivity index (χ4v) is 5.34. The normalized spacial score (nSPS) is 34.8. The lowest BCUT2D eigenvalue weighted by Gasteiger charge is -2.44. The third-order valence-electron chi connectivity index (χ3n) is 6.10. The Kier molecular flexibility index (Phi) is 2.99. The first-order valence-electron chi connectivity index (χ1n) is 8.19. The highest BCUT2D eigenvalue weighted by molar-refractivity contribution is 5.85. The van der Waals surface area contributed by atoms with Gasteiger partial charge in [-0.3, -0.25) is 9.59 Å². The van der Waals surface area contributed by atoms with Crippen LogP contribution in [0, 0.1) is 17.8 Å². The van der Waals surface area contributed by atoms with Crippen LogP contribution in [-0.4, -0.2) is 35.5 Å². The van der Waals surface area contributed by atoms with Crippen LogP contribution in [0.3, 0.4) is 0 Å². The number of ether oxygens (including phenoxy) is 1. The van der Waals surface area contributed by atoms with Gasteiger partial charge >= 0.3 is 5.97 Å². The van der Waals surface area contributed by atoms with E-state index >= 15 is 0 Å². The summed E-state index contributed by atoms with van der Waals surface area (Å²) in [5, 5.41) is 9.79. The van der Waals surface area contributed by atoms with Crippen LogP contribution < -0.4 is 0 Å². The van der Waals surface area contributed by atoms with Crippen LogP contribution in [0.1, 0.15) is 30.9 Å². The minimum absolute atomic E-state index is 0.0407. The summed E-state index contributed by atoms with van der Waals surface area (Å²) in [6, 6.07) is 5.43. The summed E-state index contributed by atoms with van der Waals surface area (Å²) < 4.78 is 5.02. The molecule has 0 bridgehead atoms. The maximum atomic E-state index is 12.6. The average Bonchev–Trinajstić information content (AvgIpc) is 2.94. The highest BCUT2D eigenvalue weighted by atomic mass is 16.5. The SMILES string of the molecule is COC(=O)[C@@H]1C(C)C[C@@]23c4ccc(O)cc4CCN2C(=O)C[C@@H]13. The molecule has 2 aliphatic heterocycles. The summed E-state index contributed by atoms with van der Waals surface area (Å²) >= 11 is 0. The van der Waals surface area contributed by atoms with E-state index in [2.05, 4.69) is 6.92 Å². The van der Waals surface area contributed by atoms with Crippen molar-refractivity contribution in [3.8, 4) is 5.75 Å². The van der Waals surface area contributed by atoms with E-state index in [1.807, 2.05) is 11.0 Å². The van der Waals surface area contributed by atoms with E-state index in [9.17, 15) is 14.7 Å². The van der Waals surface area contributed by atoms with Gasteiger partial charge in [0, 0.05) is 18.9 Å². The zero-order chi connectivity index (χ0) is 16.4. The zero-order valence-electron chi connectivity index (χ0n) is 13.4. The van der Waals surface area contributed by atoms with Crippen molar-refractivity contribution in [1.82, 2.24) is 4.90 Å². The Morgan fingerprint density at radius 1 is 1.43 bits per heavy atom. The number of methoxy groups -OCH3 is 1. The Hall–Kier alpha value is -2.04. The summed E-state index contributed by atoms with van der Waals surface area (Å²) in [7, 11) is 1.42. The van der Waals surface area contributed by atoms with E-state index in [4.69, 9.17) is 4.74 Å². The molecule has 122 valence electrons. The number of aromatic hydroxyl groups is 1. The van der Waals surface area contributed by atoms with Crippen LogP contribution in [0.2, 0.25) is 0 Å². The first kappa shape index (κ1) is 14.5. The van der Waals surface area contributed by atoms with E-state index in [1.165, 1.54) is 7.11 Å². The topological polar surface area (TPSA) is 66.8 Å². The monoisotopic (exact) mass is 315 g/mol. The van der Waals surface area contributed by atoms with Gasteiger partial charge < -0.3 is 14.7 Å². The van der Waals surface area contributed by atoms with Gasteiger partial charge in [0.1, 0.15) is 5.75 Å². The number of phenols is 1. The Labute approximate surface area is 135 Å². The molecule has 2 heterocycles. The van der Waals surface area contributed by atoms with Crippen molar-refractivity contribution < 1.29 is 19.4 Å². The first-order chi connectivity index (χ1) is 11.0. The highest BCUT2D eigenvalue weighted by Crippen LogP contribution is 2.61. The molecule has 0 aromatic heterocycles. The number of amides is 1. The summed E-state index contributed by atoms with van der Waals surface area (Å²) in [4.78, 5) is 26.9. The van der Waals surface area contributed by atoms with Crippen molar-refractivity contribution in [2.75, 3.05) is 13.7 Å². The molecular formula is C18H21NO4. The van der Waals surface area contributed by atoms with E-state index in [-0.39, 0.29) is 35.4 Å². The number of hydrogen-bond donors (Lipinski definition) is 1. The van der Waals surface area contributed by atoms with Crippen LogP contribution in [-0.2, 0) is 26.3 Å². The predicted octanol–water partition coefficient (Wildman–Crippen LogP) is 1.82. The number of carbonyl (C=O) groups is 2. The summed E-state index contributed by atoms with van der Waals surface area (Å²) in [5.41, 5.74) is 1.80. The molecule has 1 aromatic carbocycles. The Morgan fingerprint density at radius 3 is 2.96 bits per heavy atom. The number of benzene rings is 1. The van der Waals surface area contributed by atoms with Gasteiger partial charge in [-0.2, -0.15) is 0 Å². The van der Waals surface area contributed by atoms with E-state index in [0.29, 0.717) is 13.0 Å². The molecule has 0 radical (unpaired) electrons. The van der Waals surface area contributed by atoms with Crippen LogP contribution in [0.15, 0.2) is 18.2 Å². The van der Waals surface area contributed by atoms with Crippen molar-refractivity contribution in [3.05, 3.63) is 29.3 Å². The van der Waals surface area contributed by atoms with Crippen LogP contribution >= 0.6 is 0 Å². The van der Waals surface area contributed by atoms with Gasteiger partial charge in [0.05, 0.1) is 18.6 Å². The minimum Gasteiger partial charge on any atom is -0.508 e. The molecule has 1 saturated carbocycles. The van der Waals surface area contributed by atoms with Crippen LogP contribution in [0.25, 0.3) is 0 Å². The molecule has 1 amide bonds. The number of nitrogens with zero attached hydrogens (tertiary/aromatic N) is 1. The molecule has 3 aliphatic rings. The molecular weight excluding hydrogens is 294 g/mol. The Balaban J connectivity index is 1.89. The smallest absolute Gasteiger partial charge is 0.309 e. The third kappa shape index (κ3) is 1.73. The number of carbonyl (C=O) groups excluding carboxylic acids is 2. The molecule has 1 aliphatic carbocycles. The van der Waals surface area contributed by atoms with Crippen molar-refractivity contribution >= 4 is 11.9 Å². The predicted molar refractivity (Wildman–Crippen MR) is 82.6 cm³/mol. The largest absolute Gasteiger partial charge is 0.508 e. The molecule has 23 heavy (non-hydrogen) atoms. The molecule has 4 atom stereocenters. The van der Waals surface area contributed by atoms with Crippen molar-refractivity contribution in [1.29, 1.82) is 0 Å². The third-order valence-corrected chi connectivity index (χ3v) is 6.10. The second kappa shape index (κ2) is 4.73.